The molecule has 0 bridgehead atoms. The minimum Gasteiger partial charge on any atom is -0.325 e. The zero-order valence-electron chi connectivity index (χ0n) is 16.2. The first-order valence-electron chi connectivity index (χ1n) is 8.73. The molecule has 0 radical (unpaired) electrons. The highest BCUT2D eigenvalue weighted by Gasteiger charge is 2.16. The Morgan fingerprint density at radius 2 is 1.63 bits per heavy atom. The fraction of sp³-hybridized carbons (Fsp3) is 0.300. The highest BCUT2D eigenvalue weighted by atomic mass is 16.2. The van der Waals surface area contributed by atoms with Gasteiger partial charge in [-0.05, 0) is 63.9 Å². The largest absolute Gasteiger partial charge is 0.325 e. The summed E-state index contributed by atoms with van der Waals surface area (Å²) in [5.74, 6) is 0.0386. The van der Waals surface area contributed by atoms with Crippen molar-refractivity contribution in [1.29, 1.82) is 0 Å². The highest BCUT2D eigenvalue weighted by Crippen LogP contribution is 2.14. The van der Waals surface area contributed by atoms with Crippen molar-refractivity contribution in [1.82, 2.24) is 19.3 Å². The van der Waals surface area contributed by atoms with Gasteiger partial charge in [-0.3, -0.25) is 14.2 Å². The van der Waals surface area contributed by atoms with Crippen LogP contribution in [-0.4, -0.2) is 25.2 Å². The third-order valence-electron chi connectivity index (χ3n) is 4.12. The van der Waals surface area contributed by atoms with Crippen LogP contribution in [0.15, 0.2) is 35.1 Å². The number of aryl methyl sites for hydroxylation is 5. The quantitative estimate of drug-likeness (QED) is 0.770. The number of anilines is 1. The Hall–Kier alpha value is -3.22. The van der Waals surface area contributed by atoms with Gasteiger partial charge in [-0.2, -0.15) is 5.10 Å². The Morgan fingerprint density at radius 1 is 0.963 bits per heavy atom. The summed E-state index contributed by atoms with van der Waals surface area (Å²) in [5.41, 5.74) is 4.76. The lowest BCUT2D eigenvalue weighted by atomic mass is 10.1. The van der Waals surface area contributed by atoms with Crippen molar-refractivity contribution in [2.24, 2.45) is 0 Å². The van der Waals surface area contributed by atoms with Gasteiger partial charge >= 0.3 is 0 Å². The van der Waals surface area contributed by atoms with Crippen LogP contribution in [0.4, 0.5) is 5.69 Å². The highest BCUT2D eigenvalue weighted by molar-refractivity contribution is 5.90. The molecule has 0 aliphatic heterocycles. The number of hydrogen-bond acceptors (Lipinski definition) is 4. The van der Waals surface area contributed by atoms with Gasteiger partial charge in [-0.1, -0.05) is 6.07 Å². The minimum atomic E-state index is -0.296. The van der Waals surface area contributed by atoms with Gasteiger partial charge in [0.25, 0.3) is 5.56 Å². The monoisotopic (exact) mass is 365 g/mol. The number of hydrogen-bond donors (Lipinski definition) is 1. The lowest BCUT2D eigenvalue weighted by Gasteiger charge is -2.14. The summed E-state index contributed by atoms with van der Waals surface area (Å²) < 4.78 is 2.93. The van der Waals surface area contributed by atoms with Crippen LogP contribution in [0, 0.1) is 34.6 Å². The molecule has 27 heavy (non-hydrogen) atoms. The van der Waals surface area contributed by atoms with Crippen LogP contribution in [0.3, 0.4) is 0 Å². The topological polar surface area (TPSA) is 81.8 Å². The fourth-order valence-electron chi connectivity index (χ4n) is 3.14. The van der Waals surface area contributed by atoms with E-state index in [2.05, 4.69) is 15.4 Å². The predicted molar refractivity (Wildman–Crippen MR) is 104 cm³/mol. The molecule has 0 saturated heterocycles. The maximum Gasteiger partial charge on any atom is 0.255 e. The number of rotatable bonds is 4. The van der Waals surface area contributed by atoms with Gasteiger partial charge in [0.1, 0.15) is 6.54 Å². The number of nitrogens with one attached hydrogen (secondary N) is 1. The summed E-state index contributed by atoms with van der Waals surface area (Å²) in [4.78, 5) is 29.6. The Kier molecular flexibility index (Phi) is 4.94. The molecule has 7 nitrogen and oxygen atoms in total. The standard InChI is InChI=1S/C20H23N5O2/c1-12-6-13(2)8-17(7-12)22-18(26)11-24-19(27)10-14(3)21-20(24)25-16(5)9-15(4)23-25/h6-10H,11H2,1-5H3,(H,22,26). The molecule has 0 saturated carbocycles. The average Bonchev–Trinajstić information content (AvgIpc) is 2.87. The molecule has 3 aromatic rings. The molecule has 140 valence electrons. The van der Waals surface area contributed by atoms with Crippen molar-refractivity contribution >= 4 is 11.6 Å². The van der Waals surface area contributed by atoms with Crippen LogP contribution in [0.1, 0.15) is 28.2 Å². The molecule has 1 aromatic carbocycles. The van der Waals surface area contributed by atoms with Crippen LogP contribution < -0.4 is 10.9 Å². The second-order valence-electron chi connectivity index (χ2n) is 6.89. The van der Waals surface area contributed by atoms with Crippen LogP contribution in [-0.2, 0) is 11.3 Å². The fourth-order valence-corrected chi connectivity index (χ4v) is 3.14. The lowest BCUT2D eigenvalue weighted by molar-refractivity contribution is -0.116. The first-order valence-corrected chi connectivity index (χ1v) is 8.73. The molecule has 0 unspecified atom stereocenters. The zero-order chi connectivity index (χ0) is 19.7. The number of carbonyl (C=O) groups excluding carboxylic acids is 1. The number of amides is 1. The van der Waals surface area contributed by atoms with Gasteiger partial charge in [0.05, 0.1) is 5.69 Å². The summed E-state index contributed by atoms with van der Waals surface area (Å²) in [6.07, 6.45) is 0. The molecule has 2 aromatic heterocycles. The number of benzene rings is 1. The van der Waals surface area contributed by atoms with Gasteiger partial charge in [0.2, 0.25) is 11.9 Å². The van der Waals surface area contributed by atoms with Crippen molar-refractivity contribution in [2.45, 2.75) is 41.2 Å². The number of nitrogens with zero attached hydrogens (tertiary/aromatic N) is 4. The average molecular weight is 365 g/mol. The van der Waals surface area contributed by atoms with Gasteiger partial charge in [0.15, 0.2) is 0 Å². The molecular formula is C20H23N5O2. The molecule has 3 rings (SSSR count). The maximum absolute atomic E-state index is 12.6. The van der Waals surface area contributed by atoms with Crippen molar-refractivity contribution < 1.29 is 4.79 Å². The van der Waals surface area contributed by atoms with Gasteiger partial charge in [-0.25, -0.2) is 9.67 Å². The Labute approximate surface area is 157 Å². The van der Waals surface area contributed by atoms with E-state index >= 15 is 0 Å². The van der Waals surface area contributed by atoms with E-state index < -0.39 is 0 Å². The second-order valence-corrected chi connectivity index (χ2v) is 6.89. The van der Waals surface area contributed by atoms with Gasteiger partial charge in [-0.15, -0.1) is 0 Å². The van der Waals surface area contributed by atoms with E-state index in [0.29, 0.717) is 17.3 Å². The van der Waals surface area contributed by atoms with Gasteiger partial charge in [0, 0.05) is 23.1 Å². The maximum atomic E-state index is 12.6. The van der Waals surface area contributed by atoms with Crippen LogP contribution in [0.25, 0.3) is 5.95 Å². The SMILES string of the molecule is Cc1cc(C)cc(NC(=O)Cn2c(-n3nc(C)cc3C)nc(C)cc2=O)c1. The van der Waals surface area contributed by atoms with Crippen molar-refractivity contribution in [3.63, 3.8) is 0 Å². The first kappa shape index (κ1) is 18.6. The van der Waals surface area contributed by atoms with Crippen LogP contribution in [0.2, 0.25) is 0 Å². The van der Waals surface area contributed by atoms with Crippen molar-refractivity contribution in [3.8, 4) is 5.95 Å². The molecule has 1 N–H and O–H groups in total. The van der Waals surface area contributed by atoms with E-state index in [0.717, 1.165) is 22.5 Å². The molecule has 0 fully saturated rings. The zero-order valence-corrected chi connectivity index (χ0v) is 16.2. The Morgan fingerprint density at radius 3 is 2.22 bits per heavy atom. The van der Waals surface area contributed by atoms with Crippen molar-refractivity contribution in [3.05, 3.63) is 68.9 Å². The lowest BCUT2D eigenvalue weighted by Crippen LogP contribution is -2.32. The first-order chi connectivity index (χ1) is 12.7. The summed E-state index contributed by atoms with van der Waals surface area (Å²) >= 11 is 0. The normalized spacial score (nSPS) is 10.9. The number of aromatic nitrogens is 4. The third-order valence-corrected chi connectivity index (χ3v) is 4.12. The molecule has 1 amide bonds. The minimum absolute atomic E-state index is 0.146. The molecular weight excluding hydrogens is 342 g/mol. The Balaban J connectivity index is 1.95. The van der Waals surface area contributed by atoms with E-state index in [9.17, 15) is 9.59 Å². The van der Waals surface area contributed by atoms with E-state index in [4.69, 9.17) is 0 Å². The summed E-state index contributed by atoms with van der Waals surface area (Å²) in [7, 11) is 0. The molecule has 0 atom stereocenters. The second kappa shape index (κ2) is 7.19. The van der Waals surface area contributed by atoms with E-state index in [-0.39, 0.29) is 18.0 Å². The smallest absolute Gasteiger partial charge is 0.255 e. The van der Waals surface area contributed by atoms with E-state index in [1.54, 1.807) is 11.6 Å². The van der Waals surface area contributed by atoms with Crippen LogP contribution >= 0.6 is 0 Å². The summed E-state index contributed by atoms with van der Waals surface area (Å²) in [5, 5.41) is 7.26. The molecule has 0 spiro atoms. The molecule has 2 heterocycles. The summed E-state index contributed by atoms with van der Waals surface area (Å²) in [6, 6.07) is 9.13. The predicted octanol–water partition coefficient (Wildman–Crippen LogP) is 2.61. The number of carbonyl (C=O) groups is 1. The molecule has 0 aliphatic carbocycles. The van der Waals surface area contributed by atoms with E-state index in [1.165, 1.54) is 10.6 Å². The third kappa shape index (κ3) is 4.13. The van der Waals surface area contributed by atoms with Crippen LogP contribution in [0.5, 0.6) is 0 Å². The van der Waals surface area contributed by atoms with Crippen molar-refractivity contribution in [2.75, 3.05) is 5.32 Å². The molecule has 7 heteroatoms. The van der Waals surface area contributed by atoms with E-state index in [1.807, 2.05) is 52.0 Å². The molecule has 0 aliphatic rings. The summed E-state index contributed by atoms with van der Waals surface area (Å²) in [6.45, 7) is 9.29. The van der Waals surface area contributed by atoms with Gasteiger partial charge < -0.3 is 5.32 Å². The Bertz CT molecular complexity index is 1060.